The fourth-order valence-electron chi connectivity index (χ4n) is 4.11. The standard InChI is InChI=1S/C25H35N3O3S/c1-19-11-13-24(14-12-19)32(30,31)27-17-22-8-7-15-28(18-22)21(3)25(29)26-16-20(2)23-9-5-4-6-10-23/h4-6,9-14,20-22,27H,7-8,15-18H2,1-3H3,(H,26,29). The number of benzene rings is 2. The smallest absolute Gasteiger partial charge is 0.240 e. The molecule has 7 heteroatoms. The molecule has 1 amide bonds. The monoisotopic (exact) mass is 457 g/mol. The van der Waals surface area contributed by atoms with E-state index in [1.165, 1.54) is 5.56 Å². The number of carbonyl (C=O) groups is 1. The zero-order valence-electron chi connectivity index (χ0n) is 19.3. The summed E-state index contributed by atoms with van der Waals surface area (Å²) in [5, 5.41) is 3.08. The minimum absolute atomic E-state index is 0.0219. The van der Waals surface area contributed by atoms with E-state index < -0.39 is 10.0 Å². The van der Waals surface area contributed by atoms with Gasteiger partial charge in [0, 0.05) is 19.6 Å². The molecule has 0 spiro atoms. The van der Waals surface area contributed by atoms with Gasteiger partial charge in [0.25, 0.3) is 0 Å². The maximum absolute atomic E-state index is 12.8. The van der Waals surface area contributed by atoms with Crippen LogP contribution in [0.1, 0.15) is 43.7 Å². The van der Waals surface area contributed by atoms with Crippen molar-refractivity contribution < 1.29 is 13.2 Å². The summed E-state index contributed by atoms with van der Waals surface area (Å²) in [5.74, 6) is 0.453. The Morgan fingerprint density at radius 2 is 1.78 bits per heavy atom. The molecule has 0 saturated carbocycles. The lowest BCUT2D eigenvalue weighted by Gasteiger charge is -2.36. The average molecular weight is 458 g/mol. The maximum Gasteiger partial charge on any atom is 0.240 e. The Morgan fingerprint density at radius 1 is 1.09 bits per heavy atom. The van der Waals surface area contributed by atoms with Crippen LogP contribution in [0.2, 0.25) is 0 Å². The van der Waals surface area contributed by atoms with Crippen LogP contribution in [0.25, 0.3) is 0 Å². The predicted molar refractivity (Wildman–Crippen MR) is 128 cm³/mol. The van der Waals surface area contributed by atoms with E-state index in [1.807, 2.05) is 32.0 Å². The van der Waals surface area contributed by atoms with Crippen molar-refractivity contribution in [3.05, 3.63) is 65.7 Å². The van der Waals surface area contributed by atoms with Crippen molar-refractivity contribution in [3.8, 4) is 0 Å². The van der Waals surface area contributed by atoms with Crippen molar-refractivity contribution in [1.29, 1.82) is 0 Å². The van der Waals surface area contributed by atoms with Crippen LogP contribution in [-0.2, 0) is 14.8 Å². The van der Waals surface area contributed by atoms with Gasteiger partial charge in [-0.15, -0.1) is 0 Å². The number of aryl methyl sites for hydroxylation is 1. The summed E-state index contributed by atoms with van der Waals surface area (Å²) in [7, 11) is -3.52. The van der Waals surface area contributed by atoms with E-state index in [9.17, 15) is 13.2 Å². The second kappa shape index (κ2) is 11.1. The number of carbonyl (C=O) groups excluding carboxylic acids is 1. The third kappa shape index (κ3) is 6.64. The Morgan fingerprint density at radius 3 is 2.47 bits per heavy atom. The lowest BCUT2D eigenvalue weighted by molar-refractivity contribution is -0.126. The number of hydrogen-bond acceptors (Lipinski definition) is 4. The van der Waals surface area contributed by atoms with Crippen LogP contribution in [0.5, 0.6) is 0 Å². The van der Waals surface area contributed by atoms with E-state index >= 15 is 0 Å². The minimum Gasteiger partial charge on any atom is -0.354 e. The zero-order chi connectivity index (χ0) is 23.1. The molecule has 1 aliphatic heterocycles. The first-order valence-electron chi connectivity index (χ1n) is 11.4. The van der Waals surface area contributed by atoms with Crippen LogP contribution in [-0.4, -0.2) is 51.4 Å². The summed E-state index contributed by atoms with van der Waals surface area (Å²) in [6.07, 6.45) is 1.90. The highest BCUT2D eigenvalue weighted by molar-refractivity contribution is 7.89. The van der Waals surface area contributed by atoms with Gasteiger partial charge in [0.1, 0.15) is 0 Å². The SMILES string of the molecule is Cc1ccc(S(=O)(=O)NCC2CCCN(C(C)C(=O)NCC(C)c3ccccc3)C2)cc1. The fraction of sp³-hybridized carbons (Fsp3) is 0.480. The van der Waals surface area contributed by atoms with Gasteiger partial charge in [-0.25, -0.2) is 13.1 Å². The lowest BCUT2D eigenvalue weighted by Crippen LogP contribution is -2.50. The Hall–Kier alpha value is -2.22. The second-order valence-corrected chi connectivity index (χ2v) is 10.7. The number of hydrogen-bond donors (Lipinski definition) is 2. The quantitative estimate of drug-likeness (QED) is 0.606. The van der Waals surface area contributed by atoms with Crippen LogP contribution in [0.3, 0.4) is 0 Å². The first-order chi connectivity index (χ1) is 15.3. The van der Waals surface area contributed by atoms with Crippen molar-refractivity contribution in [3.63, 3.8) is 0 Å². The molecular formula is C25H35N3O3S. The van der Waals surface area contributed by atoms with Crippen LogP contribution in [0.15, 0.2) is 59.5 Å². The van der Waals surface area contributed by atoms with E-state index in [0.29, 0.717) is 19.6 Å². The molecule has 3 unspecified atom stereocenters. The number of sulfonamides is 1. The molecule has 2 aromatic carbocycles. The summed E-state index contributed by atoms with van der Waals surface area (Å²) in [4.78, 5) is 15.2. The molecular weight excluding hydrogens is 422 g/mol. The van der Waals surface area contributed by atoms with Crippen LogP contribution in [0, 0.1) is 12.8 Å². The molecule has 3 atom stereocenters. The number of nitrogens with one attached hydrogen (secondary N) is 2. The van der Waals surface area contributed by atoms with Gasteiger partial charge in [0.05, 0.1) is 10.9 Å². The summed E-state index contributed by atoms with van der Waals surface area (Å²) in [5.41, 5.74) is 2.23. The van der Waals surface area contributed by atoms with Gasteiger partial charge in [-0.2, -0.15) is 0 Å². The molecule has 3 rings (SSSR count). The maximum atomic E-state index is 12.8. The summed E-state index contributed by atoms with van der Waals surface area (Å²) in [6.45, 7) is 8.51. The van der Waals surface area contributed by atoms with Gasteiger partial charge < -0.3 is 5.32 Å². The second-order valence-electron chi connectivity index (χ2n) is 8.90. The molecule has 1 aliphatic rings. The molecule has 174 valence electrons. The number of amides is 1. The van der Waals surface area contributed by atoms with Crippen LogP contribution >= 0.6 is 0 Å². The number of piperidine rings is 1. The molecule has 1 saturated heterocycles. The molecule has 1 fully saturated rings. The number of likely N-dealkylation sites (tertiary alicyclic amines) is 1. The van der Waals surface area contributed by atoms with Gasteiger partial charge >= 0.3 is 0 Å². The normalized spacial score (nSPS) is 19.3. The average Bonchev–Trinajstić information content (AvgIpc) is 2.81. The Labute approximate surface area is 192 Å². The van der Waals surface area contributed by atoms with E-state index in [4.69, 9.17) is 0 Å². The lowest BCUT2D eigenvalue weighted by atomic mass is 9.97. The highest BCUT2D eigenvalue weighted by atomic mass is 32.2. The zero-order valence-corrected chi connectivity index (χ0v) is 20.1. The van der Waals surface area contributed by atoms with E-state index in [1.54, 1.807) is 24.3 Å². The highest BCUT2D eigenvalue weighted by Gasteiger charge is 2.28. The van der Waals surface area contributed by atoms with Crippen molar-refractivity contribution in [1.82, 2.24) is 14.9 Å². The summed E-state index contributed by atoms with van der Waals surface area (Å²) in [6, 6.07) is 16.8. The molecule has 0 radical (unpaired) electrons. The largest absolute Gasteiger partial charge is 0.354 e. The van der Waals surface area contributed by atoms with Gasteiger partial charge in [-0.3, -0.25) is 9.69 Å². The Bertz CT molecular complexity index is 977. The van der Waals surface area contributed by atoms with Gasteiger partial charge in [-0.05, 0) is 62.8 Å². The first-order valence-corrected chi connectivity index (χ1v) is 12.9. The summed E-state index contributed by atoms with van der Waals surface area (Å²) < 4.78 is 27.9. The van der Waals surface area contributed by atoms with Crippen molar-refractivity contribution in [2.45, 2.75) is 50.5 Å². The molecule has 1 heterocycles. The summed E-state index contributed by atoms with van der Waals surface area (Å²) >= 11 is 0. The Kier molecular flexibility index (Phi) is 8.45. The molecule has 2 aromatic rings. The number of nitrogens with zero attached hydrogens (tertiary/aromatic N) is 1. The Balaban J connectivity index is 1.49. The molecule has 6 nitrogen and oxygen atoms in total. The van der Waals surface area contributed by atoms with Crippen LogP contribution < -0.4 is 10.0 Å². The molecule has 0 aliphatic carbocycles. The molecule has 0 bridgehead atoms. The van der Waals surface area contributed by atoms with Gasteiger partial charge in [0.2, 0.25) is 15.9 Å². The van der Waals surface area contributed by atoms with E-state index in [0.717, 1.165) is 24.9 Å². The third-order valence-corrected chi connectivity index (χ3v) is 7.76. The molecule has 2 N–H and O–H groups in total. The van der Waals surface area contributed by atoms with Gasteiger partial charge in [0.15, 0.2) is 0 Å². The van der Waals surface area contributed by atoms with E-state index in [-0.39, 0.29) is 28.7 Å². The van der Waals surface area contributed by atoms with Crippen LogP contribution in [0.4, 0.5) is 0 Å². The topological polar surface area (TPSA) is 78.5 Å². The predicted octanol–water partition coefficient (Wildman–Crippen LogP) is 3.29. The van der Waals surface area contributed by atoms with Crippen molar-refractivity contribution in [2.24, 2.45) is 5.92 Å². The molecule has 0 aromatic heterocycles. The van der Waals surface area contributed by atoms with Crippen molar-refractivity contribution in [2.75, 3.05) is 26.2 Å². The number of rotatable bonds is 9. The van der Waals surface area contributed by atoms with Gasteiger partial charge in [-0.1, -0.05) is 55.0 Å². The third-order valence-electron chi connectivity index (χ3n) is 6.32. The minimum atomic E-state index is -3.52. The van der Waals surface area contributed by atoms with Crippen molar-refractivity contribution >= 4 is 15.9 Å². The van der Waals surface area contributed by atoms with E-state index in [2.05, 4.69) is 34.0 Å². The molecule has 32 heavy (non-hydrogen) atoms. The highest BCUT2D eigenvalue weighted by Crippen LogP contribution is 2.20. The first kappa shape index (κ1) is 24.4. The fourth-order valence-corrected chi connectivity index (χ4v) is 5.23.